The van der Waals surface area contributed by atoms with E-state index in [1.165, 1.54) is 5.69 Å². The number of hydrogen-bond donors (Lipinski definition) is 1. The number of alkyl halides is 2. The highest BCUT2D eigenvalue weighted by molar-refractivity contribution is 5.88. The number of likely N-dealkylation sites (N-methyl/N-ethyl adjacent to an activating group) is 1. The molecular weight excluding hydrogens is 372 g/mol. The lowest BCUT2D eigenvalue weighted by molar-refractivity contribution is -0.0988. The third-order valence-electron chi connectivity index (χ3n) is 5.97. The Morgan fingerprint density at radius 1 is 1.17 bits per heavy atom. The van der Waals surface area contributed by atoms with Crippen molar-refractivity contribution >= 4 is 16.6 Å². The molecule has 1 fully saturated rings. The molecule has 7 heteroatoms. The second-order valence-electron chi connectivity index (χ2n) is 8.21. The fourth-order valence-corrected chi connectivity index (χ4v) is 4.16. The van der Waals surface area contributed by atoms with E-state index < -0.39 is 5.92 Å². The second kappa shape index (κ2) is 6.62. The Bertz CT molecular complexity index is 1100. The molecule has 3 aromatic rings. The summed E-state index contributed by atoms with van der Waals surface area (Å²) in [5.41, 5.74) is 4.09. The van der Waals surface area contributed by atoms with Crippen molar-refractivity contribution in [1.29, 1.82) is 0 Å². The highest BCUT2D eigenvalue weighted by atomic mass is 19.3. The lowest BCUT2D eigenvalue weighted by Crippen LogP contribution is -2.37. The second-order valence-corrected chi connectivity index (χ2v) is 8.21. The van der Waals surface area contributed by atoms with Gasteiger partial charge in [0.1, 0.15) is 5.82 Å². The first-order chi connectivity index (χ1) is 13.9. The van der Waals surface area contributed by atoms with Gasteiger partial charge in [-0.15, -0.1) is 0 Å². The predicted molar refractivity (Wildman–Crippen MR) is 110 cm³/mol. The van der Waals surface area contributed by atoms with E-state index in [9.17, 15) is 8.78 Å². The molecule has 3 heterocycles. The van der Waals surface area contributed by atoms with Gasteiger partial charge in [0.05, 0.1) is 18.4 Å². The summed E-state index contributed by atoms with van der Waals surface area (Å²) >= 11 is 0. The summed E-state index contributed by atoms with van der Waals surface area (Å²) in [5, 5.41) is 9.73. The summed E-state index contributed by atoms with van der Waals surface area (Å²) in [5.74, 6) is -2.13. The third kappa shape index (κ3) is 3.40. The van der Waals surface area contributed by atoms with Gasteiger partial charge < -0.3 is 5.32 Å². The van der Waals surface area contributed by atoms with Gasteiger partial charge in [-0.2, -0.15) is 5.10 Å². The number of rotatable bonds is 4. The van der Waals surface area contributed by atoms with E-state index in [1.807, 2.05) is 12.3 Å². The molecule has 0 saturated heterocycles. The van der Waals surface area contributed by atoms with Crippen molar-refractivity contribution in [2.75, 3.05) is 18.9 Å². The molecule has 1 aromatic carbocycles. The Morgan fingerprint density at radius 2 is 2.00 bits per heavy atom. The van der Waals surface area contributed by atoms with Crippen molar-refractivity contribution < 1.29 is 8.78 Å². The fourth-order valence-electron chi connectivity index (χ4n) is 4.16. The molecular formula is C22H23F2N5. The monoisotopic (exact) mass is 395 g/mol. The van der Waals surface area contributed by atoms with Crippen LogP contribution in [-0.4, -0.2) is 39.2 Å². The van der Waals surface area contributed by atoms with E-state index in [-0.39, 0.29) is 18.8 Å². The maximum absolute atomic E-state index is 13.1. The van der Waals surface area contributed by atoms with Gasteiger partial charge >= 0.3 is 0 Å². The highest BCUT2D eigenvalue weighted by Gasteiger charge is 2.46. The minimum absolute atomic E-state index is 0.141. The summed E-state index contributed by atoms with van der Waals surface area (Å²) in [7, 11) is 2.12. The van der Waals surface area contributed by atoms with Gasteiger partial charge in [0.25, 0.3) is 0 Å². The van der Waals surface area contributed by atoms with Crippen molar-refractivity contribution in [2.45, 2.75) is 31.9 Å². The van der Waals surface area contributed by atoms with Gasteiger partial charge in [0, 0.05) is 54.7 Å². The minimum Gasteiger partial charge on any atom is -0.344 e. The van der Waals surface area contributed by atoms with Gasteiger partial charge in [-0.3, -0.25) is 9.58 Å². The van der Waals surface area contributed by atoms with Crippen LogP contribution in [0.4, 0.5) is 14.6 Å². The maximum atomic E-state index is 13.1. The van der Waals surface area contributed by atoms with Crippen LogP contribution >= 0.6 is 0 Å². The molecule has 150 valence electrons. The predicted octanol–water partition coefficient (Wildman–Crippen LogP) is 4.51. The van der Waals surface area contributed by atoms with Gasteiger partial charge in [-0.25, -0.2) is 13.8 Å². The van der Waals surface area contributed by atoms with Crippen LogP contribution in [0.2, 0.25) is 0 Å². The van der Waals surface area contributed by atoms with E-state index in [0.29, 0.717) is 11.5 Å². The summed E-state index contributed by atoms with van der Waals surface area (Å²) in [6, 6.07) is 8.23. The zero-order valence-corrected chi connectivity index (χ0v) is 16.3. The van der Waals surface area contributed by atoms with Crippen LogP contribution in [0.15, 0.2) is 48.9 Å². The average molecular weight is 395 g/mol. The molecule has 29 heavy (non-hydrogen) atoms. The molecule has 0 bridgehead atoms. The van der Waals surface area contributed by atoms with Crippen LogP contribution in [0.25, 0.3) is 21.9 Å². The zero-order chi connectivity index (χ0) is 20.2. The zero-order valence-electron chi connectivity index (χ0n) is 16.3. The molecule has 5 nitrogen and oxygen atoms in total. The van der Waals surface area contributed by atoms with E-state index in [1.54, 1.807) is 6.20 Å². The number of nitrogens with one attached hydrogen (secondary N) is 1. The average Bonchev–Trinajstić information content (AvgIpc) is 3.08. The number of benzene rings is 1. The first-order valence-electron chi connectivity index (χ1n) is 9.85. The number of aromatic nitrogens is 3. The number of fused-ring (bicyclic) bond motifs is 2. The summed E-state index contributed by atoms with van der Waals surface area (Å²) < 4.78 is 28.3. The lowest BCUT2D eigenvalue weighted by atomic mass is 9.79. The molecule has 0 radical (unpaired) electrons. The van der Waals surface area contributed by atoms with Gasteiger partial charge in [0.15, 0.2) is 0 Å². The van der Waals surface area contributed by atoms with Crippen LogP contribution in [0, 0.1) is 5.92 Å². The molecule has 1 aliphatic carbocycles. The van der Waals surface area contributed by atoms with Crippen LogP contribution in [0.1, 0.15) is 18.5 Å². The SMILES string of the molecule is C=C(Nc1cc2cc(-c3cnn4c3CN(C)CC4)ccc2cn1)C1CC(F)(F)C1. The third-order valence-corrected chi connectivity index (χ3v) is 5.97. The van der Waals surface area contributed by atoms with Crippen LogP contribution < -0.4 is 5.32 Å². The number of nitrogens with zero attached hydrogens (tertiary/aromatic N) is 4. The Labute approximate surface area is 168 Å². The molecule has 5 rings (SSSR count). The Hall–Kier alpha value is -2.80. The molecule has 0 amide bonds. The van der Waals surface area contributed by atoms with E-state index in [4.69, 9.17) is 0 Å². The Balaban J connectivity index is 1.42. The number of anilines is 1. The standard InChI is InChI=1S/C22H23F2N5/c1-14(18-9-22(23,24)10-18)27-21-8-17-7-15(3-4-16(17)11-25-21)19-12-26-29-6-5-28(2)13-20(19)29/h3-4,7-8,11-12,18H,1,5-6,9-10,13H2,2H3,(H,25,27). The molecule has 1 N–H and O–H groups in total. The molecule has 2 aliphatic rings. The normalized spacial score (nSPS) is 19.0. The van der Waals surface area contributed by atoms with Crippen LogP contribution in [0.5, 0.6) is 0 Å². The van der Waals surface area contributed by atoms with Gasteiger partial charge in [-0.05, 0) is 30.1 Å². The van der Waals surface area contributed by atoms with Crippen molar-refractivity contribution in [3.8, 4) is 11.1 Å². The lowest BCUT2D eigenvalue weighted by Gasteiger charge is -2.36. The summed E-state index contributed by atoms with van der Waals surface area (Å²) in [6.07, 6.45) is 3.45. The molecule has 0 spiro atoms. The van der Waals surface area contributed by atoms with Gasteiger partial charge in [0.2, 0.25) is 5.92 Å². The number of hydrogen-bond acceptors (Lipinski definition) is 4. The smallest absolute Gasteiger partial charge is 0.249 e. The molecule has 1 saturated carbocycles. The number of pyridine rings is 1. The van der Waals surface area contributed by atoms with E-state index in [2.05, 4.69) is 56.8 Å². The van der Waals surface area contributed by atoms with Crippen LogP contribution in [-0.2, 0) is 13.1 Å². The molecule has 1 aliphatic heterocycles. The molecule has 0 unspecified atom stereocenters. The first-order valence-corrected chi connectivity index (χ1v) is 9.85. The summed E-state index contributed by atoms with van der Waals surface area (Å²) in [6.45, 7) is 6.71. The van der Waals surface area contributed by atoms with E-state index in [0.717, 1.165) is 41.5 Å². The maximum Gasteiger partial charge on any atom is 0.249 e. The molecule has 0 atom stereocenters. The van der Waals surface area contributed by atoms with E-state index >= 15 is 0 Å². The highest BCUT2D eigenvalue weighted by Crippen LogP contribution is 2.45. The first kappa shape index (κ1) is 18.2. The van der Waals surface area contributed by atoms with Crippen LogP contribution in [0.3, 0.4) is 0 Å². The van der Waals surface area contributed by atoms with Crippen molar-refractivity contribution in [3.63, 3.8) is 0 Å². The van der Waals surface area contributed by atoms with Gasteiger partial charge in [-0.1, -0.05) is 18.7 Å². The largest absolute Gasteiger partial charge is 0.344 e. The summed E-state index contributed by atoms with van der Waals surface area (Å²) in [4.78, 5) is 6.71. The topological polar surface area (TPSA) is 46.0 Å². The van der Waals surface area contributed by atoms with Crippen molar-refractivity contribution in [3.05, 3.63) is 54.6 Å². The Kier molecular flexibility index (Phi) is 4.17. The number of allylic oxidation sites excluding steroid dienone is 1. The van der Waals surface area contributed by atoms with Crippen molar-refractivity contribution in [1.82, 2.24) is 19.7 Å². The minimum atomic E-state index is -2.56. The molecule has 2 aromatic heterocycles. The quantitative estimate of drug-likeness (QED) is 0.706. The van der Waals surface area contributed by atoms with Crippen molar-refractivity contribution in [2.24, 2.45) is 5.92 Å². The number of halogens is 2. The Morgan fingerprint density at radius 3 is 2.79 bits per heavy atom. The fraction of sp³-hybridized carbons (Fsp3) is 0.364.